The number of nitrogens with one attached hydrogen (secondary N) is 2. The number of halogens is 1. The minimum absolute atomic E-state index is 0.0549. The van der Waals surface area contributed by atoms with E-state index in [0.717, 1.165) is 38.2 Å². The molecule has 1 unspecified atom stereocenters. The number of carbonyl (C=O) groups is 1. The van der Waals surface area contributed by atoms with Crippen molar-refractivity contribution in [2.45, 2.75) is 19.4 Å². The highest BCUT2D eigenvalue weighted by Gasteiger charge is 2.16. The highest BCUT2D eigenvalue weighted by molar-refractivity contribution is 6.31. The van der Waals surface area contributed by atoms with Gasteiger partial charge < -0.3 is 10.6 Å². The quantitative estimate of drug-likeness (QED) is 0.890. The van der Waals surface area contributed by atoms with Crippen molar-refractivity contribution < 1.29 is 4.79 Å². The second-order valence-corrected chi connectivity index (χ2v) is 5.60. The van der Waals surface area contributed by atoms with Gasteiger partial charge >= 0.3 is 0 Å². The van der Waals surface area contributed by atoms with Crippen LogP contribution in [0.4, 0.5) is 0 Å². The van der Waals surface area contributed by atoms with E-state index in [2.05, 4.69) is 15.5 Å². The molecule has 1 saturated heterocycles. The molecule has 1 heterocycles. The summed E-state index contributed by atoms with van der Waals surface area (Å²) in [4.78, 5) is 14.3. The third-order valence-corrected chi connectivity index (χ3v) is 3.89. The Morgan fingerprint density at radius 1 is 1.40 bits per heavy atom. The summed E-state index contributed by atoms with van der Waals surface area (Å²) in [5.74, 6) is 0.0549. The van der Waals surface area contributed by atoms with E-state index in [0.29, 0.717) is 11.6 Å². The van der Waals surface area contributed by atoms with Gasteiger partial charge in [0.2, 0.25) is 5.91 Å². The highest BCUT2D eigenvalue weighted by Crippen LogP contribution is 2.21. The Labute approximate surface area is 125 Å². The predicted octanol–water partition coefficient (Wildman–Crippen LogP) is 1.81. The Hall–Kier alpha value is -1.10. The molecule has 1 aromatic carbocycles. The van der Waals surface area contributed by atoms with Crippen molar-refractivity contribution in [1.82, 2.24) is 15.5 Å². The van der Waals surface area contributed by atoms with Crippen molar-refractivity contribution in [3.8, 4) is 0 Å². The van der Waals surface area contributed by atoms with Gasteiger partial charge in [0.25, 0.3) is 0 Å². The topological polar surface area (TPSA) is 44.4 Å². The number of hydrogen-bond acceptors (Lipinski definition) is 3. The van der Waals surface area contributed by atoms with Gasteiger partial charge in [0, 0.05) is 18.1 Å². The monoisotopic (exact) mass is 295 g/mol. The van der Waals surface area contributed by atoms with Crippen LogP contribution in [0.25, 0.3) is 0 Å². The summed E-state index contributed by atoms with van der Waals surface area (Å²) in [6, 6.07) is 7.55. The summed E-state index contributed by atoms with van der Waals surface area (Å²) in [6.07, 6.45) is 1.09. The van der Waals surface area contributed by atoms with E-state index >= 15 is 0 Å². The summed E-state index contributed by atoms with van der Waals surface area (Å²) in [5, 5.41) is 7.05. The SMILES string of the molecule is CC(NC(=O)CN1CCCNCC1)c1ccccc1Cl. The van der Waals surface area contributed by atoms with Gasteiger partial charge in [-0.05, 0) is 38.1 Å². The molecular formula is C15H22ClN3O. The molecule has 2 N–H and O–H groups in total. The first-order chi connectivity index (χ1) is 9.66. The van der Waals surface area contributed by atoms with Gasteiger partial charge in [-0.3, -0.25) is 9.69 Å². The van der Waals surface area contributed by atoms with E-state index in [4.69, 9.17) is 11.6 Å². The number of carbonyl (C=O) groups excluding carboxylic acids is 1. The summed E-state index contributed by atoms with van der Waals surface area (Å²) in [6.45, 7) is 6.30. The molecule has 0 aliphatic carbocycles. The minimum atomic E-state index is -0.0682. The molecule has 5 heteroatoms. The van der Waals surface area contributed by atoms with Crippen LogP contribution < -0.4 is 10.6 Å². The first kappa shape index (κ1) is 15.3. The van der Waals surface area contributed by atoms with Crippen LogP contribution in [0, 0.1) is 0 Å². The standard InChI is InChI=1S/C15H22ClN3O/c1-12(13-5-2-3-6-14(13)16)18-15(20)11-19-9-4-7-17-8-10-19/h2-3,5-6,12,17H,4,7-11H2,1H3,(H,18,20). The summed E-state index contributed by atoms with van der Waals surface area (Å²) in [7, 11) is 0. The molecule has 0 spiro atoms. The summed E-state index contributed by atoms with van der Waals surface area (Å²) in [5.41, 5.74) is 0.958. The van der Waals surface area contributed by atoms with Crippen molar-refractivity contribution in [3.63, 3.8) is 0 Å². The number of benzene rings is 1. The van der Waals surface area contributed by atoms with Crippen LogP contribution in [0.5, 0.6) is 0 Å². The largest absolute Gasteiger partial charge is 0.348 e. The van der Waals surface area contributed by atoms with Crippen LogP contribution >= 0.6 is 11.6 Å². The molecular weight excluding hydrogens is 274 g/mol. The molecule has 2 rings (SSSR count). The van der Waals surface area contributed by atoms with Gasteiger partial charge in [0.05, 0.1) is 12.6 Å². The fourth-order valence-electron chi connectivity index (χ4n) is 2.45. The molecule has 0 aromatic heterocycles. The molecule has 1 aliphatic rings. The number of rotatable bonds is 4. The van der Waals surface area contributed by atoms with E-state index in [-0.39, 0.29) is 11.9 Å². The van der Waals surface area contributed by atoms with Gasteiger partial charge in [-0.15, -0.1) is 0 Å². The second-order valence-electron chi connectivity index (χ2n) is 5.19. The first-order valence-corrected chi connectivity index (χ1v) is 7.51. The molecule has 1 aliphatic heterocycles. The Morgan fingerprint density at radius 3 is 3.00 bits per heavy atom. The van der Waals surface area contributed by atoms with Gasteiger partial charge in [0.1, 0.15) is 0 Å². The average Bonchev–Trinajstić information content (AvgIpc) is 2.67. The molecule has 0 bridgehead atoms. The number of amides is 1. The van der Waals surface area contributed by atoms with Crippen LogP contribution in [-0.2, 0) is 4.79 Å². The lowest BCUT2D eigenvalue weighted by Gasteiger charge is -2.21. The van der Waals surface area contributed by atoms with Crippen LogP contribution in [-0.4, -0.2) is 43.5 Å². The zero-order valence-electron chi connectivity index (χ0n) is 11.9. The minimum Gasteiger partial charge on any atom is -0.348 e. The smallest absolute Gasteiger partial charge is 0.234 e. The maximum absolute atomic E-state index is 12.1. The molecule has 0 radical (unpaired) electrons. The molecule has 20 heavy (non-hydrogen) atoms. The Balaban J connectivity index is 1.86. The lowest BCUT2D eigenvalue weighted by molar-refractivity contribution is -0.122. The van der Waals surface area contributed by atoms with E-state index < -0.39 is 0 Å². The lowest BCUT2D eigenvalue weighted by Crippen LogP contribution is -2.39. The Kier molecular flexibility index (Phi) is 5.83. The fourth-order valence-corrected chi connectivity index (χ4v) is 2.75. The molecule has 1 atom stereocenters. The fraction of sp³-hybridized carbons (Fsp3) is 0.533. The summed E-state index contributed by atoms with van der Waals surface area (Å²) < 4.78 is 0. The van der Waals surface area contributed by atoms with E-state index in [1.807, 2.05) is 31.2 Å². The first-order valence-electron chi connectivity index (χ1n) is 7.13. The Bertz CT molecular complexity index is 444. The van der Waals surface area contributed by atoms with Crippen LogP contribution in [0.1, 0.15) is 24.9 Å². The van der Waals surface area contributed by atoms with Crippen molar-refractivity contribution in [3.05, 3.63) is 34.9 Å². The number of hydrogen-bond donors (Lipinski definition) is 2. The van der Waals surface area contributed by atoms with Gasteiger partial charge in [-0.25, -0.2) is 0 Å². The number of nitrogens with zero attached hydrogens (tertiary/aromatic N) is 1. The van der Waals surface area contributed by atoms with Crippen molar-refractivity contribution in [1.29, 1.82) is 0 Å². The zero-order chi connectivity index (χ0) is 14.4. The average molecular weight is 296 g/mol. The van der Waals surface area contributed by atoms with Crippen molar-refractivity contribution in [2.24, 2.45) is 0 Å². The lowest BCUT2D eigenvalue weighted by atomic mass is 10.1. The third-order valence-electron chi connectivity index (χ3n) is 3.55. The summed E-state index contributed by atoms with van der Waals surface area (Å²) >= 11 is 6.15. The third kappa shape index (κ3) is 4.47. The van der Waals surface area contributed by atoms with E-state index in [9.17, 15) is 4.79 Å². The second kappa shape index (κ2) is 7.62. The molecule has 1 fully saturated rings. The van der Waals surface area contributed by atoms with Crippen molar-refractivity contribution >= 4 is 17.5 Å². The molecule has 4 nitrogen and oxygen atoms in total. The van der Waals surface area contributed by atoms with Crippen LogP contribution in [0.15, 0.2) is 24.3 Å². The van der Waals surface area contributed by atoms with Crippen LogP contribution in [0.2, 0.25) is 5.02 Å². The molecule has 0 saturated carbocycles. The predicted molar refractivity (Wildman–Crippen MR) is 81.9 cm³/mol. The van der Waals surface area contributed by atoms with Crippen molar-refractivity contribution in [2.75, 3.05) is 32.7 Å². The van der Waals surface area contributed by atoms with E-state index in [1.165, 1.54) is 0 Å². The van der Waals surface area contributed by atoms with Gasteiger partial charge in [0.15, 0.2) is 0 Å². The normalized spacial score (nSPS) is 18.3. The van der Waals surface area contributed by atoms with Gasteiger partial charge in [-0.2, -0.15) is 0 Å². The Morgan fingerprint density at radius 2 is 2.20 bits per heavy atom. The maximum atomic E-state index is 12.1. The molecule has 1 aromatic rings. The molecule has 110 valence electrons. The highest BCUT2D eigenvalue weighted by atomic mass is 35.5. The van der Waals surface area contributed by atoms with E-state index in [1.54, 1.807) is 0 Å². The maximum Gasteiger partial charge on any atom is 0.234 e. The molecule has 1 amide bonds. The van der Waals surface area contributed by atoms with Crippen LogP contribution in [0.3, 0.4) is 0 Å². The van der Waals surface area contributed by atoms with Gasteiger partial charge in [-0.1, -0.05) is 29.8 Å². The zero-order valence-corrected chi connectivity index (χ0v) is 12.6.